The molecule has 0 heterocycles. The number of halogens is 1. The largest absolute Gasteiger partial charge is 0.325 e. The zero-order valence-electron chi connectivity index (χ0n) is 9.50. The Bertz CT molecular complexity index is 422. The average molecular weight is 223 g/mol. The smallest absolute Gasteiger partial charge is 0.229 e. The van der Waals surface area contributed by atoms with E-state index in [-0.39, 0.29) is 11.5 Å². The molecule has 0 spiro atoms. The van der Waals surface area contributed by atoms with Crippen LogP contribution in [0.5, 0.6) is 0 Å². The molecular weight excluding hydrogens is 209 g/mol. The summed E-state index contributed by atoms with van der Waals surface area (Å²) in [5, 5.41) is 2.59. The van der Waals surface area contributed by atoms with E-state index in [4.69, 9.17) is 0 Å². The van der Waals surface area contributed by atoms with Gasteiger partial charge in [0, 0.05) is 11.0 Å². The Hall–Kier alpha value is -1.71. The predicted octanol–water partition coefficient (Wildman–Crippen LogP) is 2.62. The number of nitrogens with one attached hydrogen (secondary N) is 1. The van der Waals surface area contributed by atoms with Gasteiger partial charge < -0.3 is 5.32 Å². The number of aldehydes is 1. The summed E-state index contributed by atoms with van der Waals surface area (Å²) in [5.74, 6) is -0.724. The van der Waals surface area contributed by atoms with Crippen LogP contribution in [-0.2, 0) is 4.79 Å². The SMILES string of the molecule is CC(C)(C)C(=O)Nc1ccc(F)cc1C=O. The summed E-state index contributed by atoms with van der Waals surface area (Å²) in [6, 6.07) is 3.67. The standard InChI is InChI=1S/C12H14FNO2/c1-12(2,3)11(16)14-10-5-4-9(13)6-8(10)7-15/h4-7H,1-3H3,(H,14,16). The first-order chi connectivity index (χ1) is 7.34. The average Bonchev–Trinajstić information content (AvgIpc) is 2.19. The molecule has 1 rings (SSSR count). The zero-order chi connectivity index (χ0) is 12.3. The normalized spacial score (nSPS) is 11.0. The van der Waals surface area contributed by atoms with Crippen LogP contribution in [0.25, 0.3) is 0 Å². The van der Waals surface area contributed by atoms with E-state index in [1.54, 1.807) is 20.8 Å². The van der Waals surface area contributed by atoms with Crippen molar-refractivity contribution in [3.63, 3.8) is 0 Å². The van der Waals surface area contributed by atoms with Gasteiger partial charge in [-0.3, -0.25) is 9.59 Å². The topological polar surface area (TPSA) is 46.2 Å². The van der Waals surface area contributed by atoms with E-state index >= 15 is 0 Å². The summed E-state index contributed by atoms with van der Waals surface area (Å²) in [6.07, 6.45) is 0.515. The monoisotopic (exact) mass is 223 g/mol. The zero-order valence-corrected chi connectivity index (χ0v) is 9.50. The van der Waals surface area contributed by atoms with E-state index in [9.17, 15) is 14.0 Å². The molecule has 0 radical (unpaired) electrons. The number of amides is 1. The Kier molecular flexibility index (Phi) is 3.42. The summed E-state index contributed by atoms with van der Waals surface area (Å²) in [7, 11) is 0. The van der Waals surface area contributed by atoms with Gasteiger partial charge in [-0.2, -0.15) is 0 Å². The van der Waals surface area contributed by atoms with E-state index in [0.29, 0.717) is 12.0 Å². The van der Waals surface area contributed by atoms with E-state index in [1.807, 2.05) is 0 Å². The van der Waals surface area contributed by atoms with Gasteiger partial charge in [0.15, 0.2) is 6.29 Å². The van der Waals surface area contributed by atoms with Crippen molar-refractivity contribution in [3.05, 3.63) is 29.6 Å². The Morgan fingerprint density at radius 2 is 2.00 bits per heavy atom. The molecule has 0 bridgehead atoms. The van der Waals surface area contributed by atoms with Crippen molar-refractivity contribution in [2.24, 2.45) is 5.41 Å². The van der Waals surface area contributed by atoms with Gasteiger partial charge >= 0.3 is 0 Å². The summed E-state index contributed by atoms with van der Waals surface area (Å²) in [6.45, 7) is 5.27. The highest BCUT2D eigenvalue weighted by Crippen LogP contribution is 2.20. The number of hydrogen-bond donors (Lipinski definition) is 1. The van der Waals surface area contributed by atoms with Crippen LogP contribution in [0.2, 0.25) is 0 Å². The molecular formula is C12H14FNO2. The number of benzene rings is 1. The number of hydrogen-bond acceptors (Lipinski definition) is 2. The van der Waals surface area contributed by atoms with Gasteiger partial charge in [-0.25, -0.2) is 4.39 Å². The minimum atomic E-state index is -0.561. The Morgan fingerprint density at radius 1 is 1.38 bits per heavy atom. The molecule has 0 aliphatic rings. The van der Waals surface area contributed by atoms with Crippen LogP contribution in [0.4, 0.5) is 10.1 Å². The fraction of sp³-hybridized carbons (Fsp3) is 0.333. The van der Waals surface area contributed by atoms with Gasteiger partial charge in [-0.05, 0) is 18.2 Å². The predicted molar refractivity (Wildman–Crippen MR) is 59.9 cm³/mol. The van der Waals surface area contributed by atoms with Gasteiger partial charge in [-0.15, -0.1) is 0 Å². The molecule has 16 heavy (non-hydrogen) atoms. The third kappa shape index (κ3) is 2.89. The summed E-state index contributed by atoms with van der Waals surface area (Å²) in [4.78, 5) is 22.4. The molecule has 1 amide bonds. The minimum absolute atomic E-state index is 0.137. The number of carbonyl (C=O) groups is 2. The number of rotatable bonds is 2. The molecule has 86 valence electrons. The van der Waals surface area contributed by atoms with Crippen molar-refractivity contribution in [3.8, 4) is 0 Å². The maximum absolute atomic E-state index is 12.8. The van der Waals surface area contributed by atoms with Crippen LogP contribution in [0.15, 0.2) is 18.2 Å². The van der Waals surface area contributed by atoms with E-state index in [1.165, 1.54) is 12.1 Å². The molecule has 1 N–H and O–H groups in total. The maximum atomic E-state index is 12.8. The molecule has 0 unspecified atom stereocenters. The van der Waals surface area contributed by atoms with Crippen LogP contribution in [0, 0.1) is 11.2 Å². The molecule has 0 saturated heterocycles. The second-order valence-corrected chi connectivity index (χ2v) is 4.55. The van der Waals surface area contributed by atoms with Crippen LogP contribution in [-0.4, -0.2) is 12.2 Å². The van der Waals surface area contributed by atoms with Crippen molar-refractivity contribution >= 4 is 17.9 Å². The molecule has 1 aromatic carbocycles. The molecule has 0 atom stereocenters. The maximum Gasteiger partial charge on any atom is 0.229 e. The Morgan fingerprint density at radius 3 is 2.50 bits per heavy atom. The van der Waals surface area contributed by atoms with Crippen molar-refractivity contribution in [2.45, 2.75) is 20.8 Å². The molecule has 4 heteroatoms. The lowest BCUT2D eigenvalue weighted by molar-refractivity contribution is -0.123. The van der Waals surface area contributed by atoms with Gasteiger partial charge in [0.2, 0.25) is 5.91 Å². The van der Waals surface area contributed by atoms with Crippen molar-refractivity contribution in [1.29, 1.82) is 0 Å². The lowest BCUT2D eigenvalue weighted by Crippen LogP contribution is -2.28. The summed E-state index contributed by atoms with van der Waals surface area (Å²) in [5.41, 5.74) is -0.0944. The highest BCUT2D eigenvalue weighted by atomic mass is 19.1. The van der Waals surface area contributed by atoms with Gasteiger partial charge in [0.25, 0.3) is 0 Å². The number of anilines is 1. The summed E-state index contributed by atoms with van der Waals surface area (Å²) < 4.78 is 12.8. The van der Waals surface area contributed by atoms with Crippen molar-refractivity contribution < 1.29 is 14.0 Å². The highest BCUT2D eigenvalue weighted by Gasteiger charge is 2.21. The van der Waals surface area contributed by atoms with Crippen LogP contribution >= 0.6 is 0 Å². The third-order valence-electron chi connectivity index (χ3n) is 2.07. The van der Waals surface area contributed by atoms with E-state index in [2.05, 4.69) is 5.32 Å². The minimum Gasteiger partial charge on any atom is -0.325 e. The second kappa shape index (κ2) is 4.43. The van der Waals surface area contributed by atoms with E-state index in [0.717, 1.165) is 6.07 Å². The molecule has 0 aliphatic carbocycles. The number of carbonyl (C=O) groups excluding carboxylic acids is 2. The lowest BCUT2D eigenvalue weighted by atomic mass is 9.95. The summed E-state index contributed by atoms with van der Waals surface area (Å²) >= 11 is 0. The van der Waals surface area contributed by atoms with E-state index < -0.39 is 11.2 Å². The van der Waals surface area contributed by atoms with Crippen LogP contribution in [0.3, 0.4) is 0 Å². The first kappa shape index (κ1) is 12.4. The third-order valence-corrected chi connectivity index (χ3v) is 2.07. The Labute approximate surface area is 93.7 Å². The molecule has 0 fully saturated rings. The van der Waals surface area contributed by atoms with Crippen molar-refractivity contribution in [2.75, 3.05) is 5.32 Å². The quantitative estimate of drug-likeness (QED) is 0.783. The second-order valence-electron chi connectivity index (χ2n) is 4.55. The fourth-order valence-corrected chi connectivity index (χ4v) is 1.05. The highest BCUT2D eigenvalue weighted by molar-refractivity contribution is 5.98. The molecule has 3 nitrogen and oxygen atoms in total. The van der Waals surface area contributed by atoms with Gasteiger partial charge in [-0.1, -0.05) is 20.8 Å². The Balaban J connectivity index is 2.98. The van der Waals surface area contributed by atoms with Gasteiger partial charge in [0.05, 0.1) is 5.69 Å². The molecule has 0 aromatic heterocycles. The molecule has 1 aromatic rings. The fourth-order valence-electron chi connectivity index (χ4n) is 1.05. The van der Waals surface area contributed by atoms with Gasteiger partial charge in [0.1, 0.15) is 5.82 Å². The first-order valence-electron chi connectivity index (χ1n) is 4.91. The van der Waals surface area contributed by atoms with Crippen LogP contribution in [0.1, 0.15) is 31.1 Å². The molecule has 0 saturated carbocycles. The lowest BCUT2D eigenvalue weighted by Gasteiger charge is -2.18. The first-order valence-corrected chi connectivity index (χ1v) is 4.91. The molecule has 0 aliphatic heterocycles. The van der Waals surface area contributed by atoms with Crippen LogP contribution < -0.4 is 5.32 Å². The van der Waals surface area contributed by atoms with Crippen molar-refractivity contribution in [1.82, 2.24) is 0 Å².